The number of aromatic nitrogens is 3. The van der Waals surface area contributed by atoms with Gasteiger partial charge in [-0.15, -0.1) is 10.2 Å². The van der Waals surface area contributed by atoms with Crippen molar-refractivity contribution in [2.24, 2.45) is 0 Å². The number of nitro groups is 1. The van der Waals surface area contributed by atoms with E-state index in [-0.39, 0.29) is 5.69 Å². The Kier molecular flexibility index (Phi) is 4.51. The van der Waals surface area contributed by atoms with Crippen molar-refractivity contribution in [2.75, 3.05) is 5.32 Å². The third-order valence-corrected chi connectivity index (χ3v) is 4.98. The van der Waals surface area contributed by atoms with Gasteiger partial charge in [-0.25, -0.2) is 0 Å². The summed E-state index contributed by atoms with van der Waals surface area (Å²) in [5.74, 6) is 0. The van der Waals surface area contributed by atoms with Gasteiger partial charge in [0, 0.05) is 16.8 Å². The van der Waals surface area contributed by atoms with E-state index in [4.69, 9.17) is 11.6 Å². The first kappa shape index (κ1) is 15.8. The molecule has 1 aromatic carbocycles. The second-order valence-corrected chi connectivity index (χ2v) is 7.24. The summed E-state index contributed by atoms with van der Waals surface area (Å²) in [5.41, 5.74) is 1.92. The maximum atomic E-state index is 10.7. The standard InChI is InChI=1S/C13H10ClN5O2S2/c1-7-2-3-8(14)4-10(7)16-12-17-18-13(23-12)22-11-5-9(6-15-11)19(20)21/h2-6,15H,1H3,(H,16,17). The zero-order valence-electron chi connectivity index (χ0n) is 11.7. The molecule has 2 N–H and O–H groups in total. The molecule has 0 aliphatic rings. The number of H-pyrrole nitrogens is 1. The predicted molar refractivity (Wildman–Crippen MR) is 91.0 cm³/mol. The van der Waals surface area contributed by atoms with E-state index in [0.717, 1.165) is 11.3 Å². The van der Waals surface area contributed by atoms with Crippen molar-refractivity contribution in [3.05, 3.63) is 51.2 Å². The average molecular weight is 368 g/mol. The highest BCUT2D eigenvalue weighted by Crippen LogP contribution is 2.34. The SMILES string of the molecule is Cc1ccc(Cl)cc1Nc1nnc(Sc2cc([N+](=O)[O-])c[nH]2)s1. The molecule has 2 heterocycles. The van der Waals surface area contributed by atoms with Gasteiger partial charge in [-0.2, -0.15) is 0 Å². The number of hydrogen-bond donors (Lipinski definition) is 2. The van der Waals surface area contributed by atoms with E-state index in [0.29, 0.717) is 19.5 Å². The molecule has 0 spiro atoms. The zero-order valence-corrected chi connectivity index (χ0v) is 14.1. The van der Waals surface area contributed by atoms with Gasteiger partial charge in [0.1, 0.15) is 0 Å². The number of rotatable bonds is 5. The van der Waals surface area contributed by atoms with Gasteiger partial charge in [0.2, 0.25) is 5.13 Å². The number of aryl methyl sites for hydroxylation is 1. The lowest BCUT2D eigenvalue weighted by molar-refractivity contribution is -0.384. The van der Waals surface area contributed by atoms with E-state index < -0.39 is 4.92 Å². The number of anilines is 2. The van der Waals surface area contributed by atoms with Crippen LogP contribution in [-0.4, -0.2) is 20.1 Å². The van der Waals surface area contributed by atoms with Gasteiger partial charge in [-0.05, 0) is 36.4 Å². The summed E-state index contributed by atoms with van der Waals surface area (Å²) in [4.78, 5) is 13.0. The summed E-state index contributed by atoms with van der Waals surface area (Å²) in [7, 11) is 0. The smallest absolute Gasteiger partial charge is 0.287 e. The highest BCUT2D eigenvalue weighted by atomic mass is 35.5. The maximum absolute atomic E-state index is 10.7. The fourth-order valence-electron chi connectivity index (χ4n) is 1.77. The van der Waals surface area contributed by atoms with E-state index >= 15 is 0 Å². The molecule has 10 heteroatoms. The van der Waals surface area contributed by atoms with Crippen LogP contribution in [0.25, 0.3) is 0 Å². The zero-order chi connectivity index (χ0) is 16.4. The van der Waals surface area contributed by atoms with E-state index in [1.807, 2.05) is 25.1 Å². The monoisotopic (exact) mass is 367 g/mol. The normalized spacial score (nSPS) is 10.7. The predicted octanol–water partition coefficient (Wildman–Crippen LogP) is 4.63. The lowest BCUT2D eigenvalue weighted by Gasteiger charge is -2.06. The first-order valence-electron chi connectivity index (χ1n) is 6.38. The summed E-state index contributed by atoms with van der Waals surface area (Å²) in [6.45, 7) is 1.97. The number of halogens is 1. The number of benzene rings is 1. The molecule has 0 aliphatic heterocycles. The van der Waals surface area contributed by atoms with Crippen molar-refractivity contribution >= 4 is 51.2 Å². The molecular weight excluding hydrogens is 358 g/mol. The third-order valence-electron chi connectivity index (χ3n) is 2.90. The van der Waals surface area contributed by atoms with Crippen LogP contribution in [0.2, 0.25) is 5.02 Å². The van der Waals surface area contributed by atoms with Crippen molar-refractivity contribution < 1.29 is 4.92 Å². The molecule has 7 nitrogen and oxygen atoms in total. The Labute approximate surface area is 144 Å². The van der Waals surface area contributed by atoms with Crippen molar-refractivity contribution in [2.45, 2.75) is 16.3 Å². The largest absolute Gasteiger partial charge is 0.350 e. The molecule has 118 valence electrons. The number of nitrogens with one attached hydrogen (secondary N) is 2. The molecule has 0 aliphatic carbocycles. The summed E-state index contributed by atoms with van der Waals surface area (Å²) < 4.78 is 0.670. The molecule has 23 heavy (non-hydrogen) atoms. The van der Waals surface area contributed by atoms with Gasteiger partial charge < -0.3 is 10.3 Å². The highest BCUT2D eigenvalue weighted by molar-refractivity contribution is 8.01. The number of aromatic amines is 1. The number of hydrogen-bond acceptors (Lipinski definition) is 7. The Morgan fingerprint density at radius 3 is 2.96 bits per heavy atom. The highest BCUT2D eigenvalue weighted by Gasteiger charge is 2.12. The molecule has 0 fully saturated rings. The Morgan fingerprint density at radius 1 is 1.39 bits per heavy atom. The van der Waals surface area contributed by atoms with Crippen LogP contribution in [-0.2, 0) is 0 Å². The second kappa shape index (κ2) is 6.57. The first-order valence-corrected chi connectivity index (χ1v) is 8.40. The van der Waals surface area contributed by atoms with Gasteiger partial charge in [0.05, 0.1) is 16.1 Å². The molecule has 0 radical (unpaired) electrons. The lowest BCUT2D eigenvalue weighted by atomic mass is 10.2. The quantitative estimate of drug-likeness (QED) is 0.504. The van der Waals surface area contributed by atoms with Gasteiger partial charge in [0.25, 0.3) is 5.69 Å². The molecule has 0 saturated carbocycles. The number of nitrogens with zero attached hydrogens (tertiary/aromatic N) is 3. The molecule has 2 aromatic heterocycles. The van der Waals surface area contributed by atoms with E-state index in [2.05, 4.69) is 20.5 Å². The van der Waals surface area contributed by atoms with Crippen LogP contribution in [0.3, 0.4) is 0 Å². The van der Waals surface area contributed by atoms with Crippen molar-refractivity contribution in [1.29, 1.82) is 0 Å². The third kappa shape index (κ3) is 3.81. The van der Waals surface area contributed by atoms with Gasteiger partial charge >= 0.3 is 0 Å². The molecule has 3 aromatic rings. The van der Waals surface area contributed by atoms with Crippen molar-refractivity contribution in [1.82, 2.24) is 15.2 Å². The maximum Gasteiger partial charge on any atom is 0.287 e. The topological polar surface area (TPSA) is 96.7 Å². The molecule has 0 bridgehead atoms. The van der Waals surface area contributed by atoms with Crippen LogP contribution in [0.15, 0.2) is 39.8 Å². The second-order valence-electron chi connectivity index (χ2n) is 4.54. The van der Waals surface area contributed by atoms with Gasteiger partial charge in [0.15, 0.2) is 4.34 Å². The summed E-state index contributed by atoms with van der Waals surface area (Å²) >= 11 is 8.62. The van der Waals surface area contributed by atoms with Crippen LogP contribution in [0.5, 0.6) is 0 Å². The van der Waals surface area contributed by atoms with E-state index in [9.17, 15) is 10.1 Å². The minimum Gasteiger partial charge on any atom is -0.350 e. The summed E-state index contributed by atoms with van der Waals surface area (Å²) in [6, 6.07) is 7.01. The van der Waals surface area contributed by atoms with E-state index in [1.54, 1.807) is 0 Å². The fourth-order valence-corrected chi connectivity index (χ4v) is 3.67. The van der Waals surface area contributed by atoms with Crippen LogP contribution >= 0.6 is 34.7 Å². The molecule has 0 saturated heterocycles. The Morgan fingerprint density at radius 2 is 2.22 bits per heavy atom. The van der Waals surface area contributed by atoms with Crippen LogP contribution in [0.4, 0.5) is 16.5 Å². The van der Waals surface area contributed by atoms with Crippen molar-refractivity contribution in [3.63, 3.8) is 0 Å². The first-order chi connectivity index (χ1) is 11.0. The molecule has 3 rings (SSSR count). The molecule has 0 atom stereocenters. The van der Waals surface area contributed by atoms with Crippen LogP contribution < -0.4 is 5.32 Å². The van der Waals surface area contributed by atoms with E-state index in [1.165, 1.54) is 35.4 Å². The molecular formula is C13H10ClN5O2S2. The van der Waals surface area contributed by atoms with Crippen LogP contribution in [0, 0.1) is 17.0 Å². The summed E-state index contributed by atoms with van der Waals surface area (Å²) in [6.07, 6.45) is 1.35. The van der Waals surface area contributed by atoms with Crippen molar-refractivity contribution in [3.8, 4) is 0 Å². The Hall–Kier alpha value is -2.10. The lowest BCUT2D eigenvalue weighted by Crippen LogP contribution is -1.92. The van der Waals surface area contributed by atoms with Gasteiger partial charge in [-0.3, -0.25) is 10.1 Å². The fraction of sp³-hybridized carbons (Fsp3) is 0.0769. The minimum absolute atomic E-state index is 0.0184. The van der Waals surface area contributed by atoms with Gasteiger partial charge in [-0.1, -0.05) is 29.0 Å². The average Bonchev–Trinajstić information content (AvgIpc) is 3.13. The van der Waals surface area contributed by atoms with Crippen LogP contribution in [0.1, 0.15) is 5.56 Å². The summed E-state index contributed by atoms with van der Waals surface area (Å²) in [5, 5.41) is 23.9. The molecule has 0 unspecified atom stereocenters. The minimum atomic E-state index is -0.449. The Bertz CT molecular complexity index is 864. The molecule has 0 amide bonds. The Balaban J connectivity index is 1.72.